The van der Waals surface area contributed by atoms with Crippen LogP contribution in [0.3, 0.4) is 0 Å². The van der Waals surface area contributed by atoms with E-state index in [1.807, 2.05) is 18.2 Å². The van der Waals surface area contributed by atoms with Gasteiger partial charge >= 0.3 is 0 Å². The van der Waals surface area contributed by atoms with E-state index < -0.39 is 0 Å². The van der Waals surface area contributed by atoms with E-state index in [1.165, 1.54) is 10.4 Å². The van der Waals surface area contributed by atoms with Gasteiger partial charge in [0.05, 0.1) is 12.3 Å². The molecule has 20 heavy (non-hydrogen) atoms. The van der Waals surface area contributed by atoms with Gasteiger partial charge in [-0.3, -0.25) is 5.32 Å². The number of hydrogen-bond acceptors (Lipinski definition) is 3. The lowest BCUT2D eigenvalue weighted by molar-refractivity contribution is 0.421. The van der Waals surface area contributed by atoms with Crippen molar-refractivity contribution in [2.45, 2.75) is 19.0 Å². The molecule has 0 spiro atoms. The third kappa shape index (κ3) is 2.84. The fraction of sp³-hybridized carbons (Fsp3) is 0.176. The molecule has 0 amide bonds. The van der Waals surface area contributed by atoms with Gasteiger partial charge in [0, 0.05) is 10.9 Å². The van der Waals surface area contributed by atoms with Crippen molar-refractivity contribution in [3.63, 3.8) is 0 Å². The predicted molar refractivity (Wildman–Crippen MR) is 82.9 cm³/mol. The maximum atomic E-state index is 5.61. The summed E-state index contributed by atoms with van der Waals surface area (Å²) >= 11 is 1.77. The Morgan fingerprint density at radius 3 is 2.50 bits per heavy atom. The van der Waals surface area contributed by atoms with Crippen LogP contribution in [0.2, 0.25) is 0 Å². The second-order valence-corrected chi connectivity index (χ2v) is 5.74. The van der Waals surface area contributed by atoms with Gasteiger partial charge in [-0.25, -0.2) is 0 Å². The molecule has 1 N–H and O–H groups in total. The molecule has 0 aliphatic rings. The minimum Gasteiger partial charge on any atom is -0.467 e. The lowest BCUT2D eigenvalue weighted by Crippen LogP contribution is -2.24. The van der Waals surface area contributed by atoms with Crippen LogP contribution in [0.15, 0.2) is 70.7 Å². The summed E-state index contributed by atoms with van der Waals surface area (Å²) in [6.45, 7) is 2.19. The van der Waals surface area contributed by atoms with Gasteiger partial charge in [-0.2, -0.15) is 0 Å². The normalized spacial score (nSPS) is 14.1. The van der Waals surface area contributed by atoms with Crippen LogP contribution in [0.25, 0.3) is 0 Å². The molecule has 3 heteroatoms. The Kier molecular flexibility index (Phi) is 4.00. The number of hydrogen-bond donors (Lipinski definition) is 1. The highest BCUT2D eigenvalue weighted by molar-refractivity contribution is 7.10. The molecule has 1 unspecified atom stereocenters. The standard InChI is InChI=1S/C17H17NOS/c1-13(16-10-6-12-20-16)18-17(15-9-5-11-19-15)14-7-3-2-4-8-14/h2-13,17-18H,1H3/t13-,17?/m0/s1. The van der Waals surface area contributed by atoms with E-state index >= 15 is 0 Å². The molecule has 0 fully saturated rings. The first-order chi connectivity index (χ1) is 9.84. The highest BCUT2D eigenvalue weighted by Crippen LogP contribution is 2.27. The Labute approximate surface area is 123 Å². The summed E-state index contributed by atoms with van der Waals surface area (Å²) < 4.78 is 5.61. The van der Waals surface area contributed by atoms with Crippen molar-refractivity contribution < 1.29 is 4.42 Å². The quantitative estimate of drug-likeness (QED) is 0.729. The van der Waals surface area contributed by atoms with Crippen molar-refractivity contribution in [3.8, 4) is 0 Å². The average Bonchev–Trinajstić information content (AvgIpc) is 3.18. The minimum atomic E-state index is 0.0725. The molecule has 0 saturated heterocycles. The third-order valence-corrected chi connectivity index (χ3v) is 4.40. The van der Waals surface area contributed by atoms with E-state index in [1.54, 1.807) is 17.6 Å². The molecule has 1 aromatic carbocycles. The first-order valence-corrected chi connectivity index (χ1v) is 7.60. The SMILES string of the molecule is C[C@H](NC(c1ccccc1)c1ccco1)c1cccs1. The van der Waals surface area contributed by atoms with Crippen molar-refractivity contribution in [1.29, 1.82) is 0 Å². The van der Waals surface area contributed by atoms with Gasteiger partial charge in [-0.15, -0.1) is 11.3 Å². The zero-order chi connectivity index (χ0) is 13.8. The maximum Gasteiger partial charge on any atom is 0.125 e. The fourth-order valence-electron chi connectivity index (χ4n) is 2.31. The molecule has 0 aliphatic heterocycles. The largest absolute Gasteiger partial charge is 0.467 e. The minimum absolute atomic E-state index is 0.0725. The topological polar surface area (TPSA) is 25.2 Å². The van der Waals surface area contributed by atoms with E-state index in [0.717, 1.165) is 5.76 Å². The summed E-state index contributed by atoms with van der Waals surface area (Å²) in [5.74, 6) is 0.944. The average molecular weight is 283 g/mol. The van der Waals surface area contributed by atoms with E-state index in [4.69, 9.17) is 4.42 Å². The maximum absolute atomic E-state index is 5.61. The molecule has 0 bridgehead atoms. The van der Waals surface area contributed by atoms with Crippen molar-refractivity contribution in [3.05, 3.63) is 82.4 Å². The van der Waals surface area contributed by atoms with Gasteiger partial charge < -0.3 is 4.42 Å². The highest BCUT2D eigenvalue weighted by atomic mass is 32.1. The van der Waals surface area contributed by atoms with Crippen LogP contribution in [0.5, 0.6) is 0 Å². The van der Waals surface area contributed by atoms with Gasteiger partial charge in [0.2, 0.25) is 0 Å². The summed E-state index contributed by atoms with van der Waals surface area (Å²) in [5.41, 5.74) is 1.21. The molecule has 2 heterocycles. The molecule has 102 valence electrons. The van der Waals surface area contributed by atoms with Crippen LogP contribution in [-0.2, 0) is 0 Å². The van der Waals surface area contributed by atoms with Crippen LogP contribution in [0.4, 0.5) is 0 Å². The van der Waals surface area contributed by atoms with Gasteiger partial charge in [0.15, 0.2) is 0 Å². The van der Waals surface area contributed by atoms with Crippen molar-refractivity contribution >= 4 is 11.3 Å². The lowest BCUT2D eigenvalue weighted by Gasteiger charge is -2.21. The molecule has 0 saturated carbocycles. The first-order valence-electron chi connectivity index (χ1n) is 6.72. The molecule has 2 atom stereocenters. The summed E-state index contributed by atoms with van der Waals surface area (Å²) in [6, 6.07) is 19.0. The summed E-state index contributed by atoms with van der Waals surface area (Å²) in [4.78, 5) is 1.33. The first kappa shape index (κ1) is 13.2. The Hall–Kier alpha value is -1.84. The Bertz CT molecular complexity index is 616. The third-order valence-electron chi connectivity index (χ3n) is 3.35. The summed E-state index contributed by atoms with van der Waals surface area (Å²) in [5, 5.41) is 5.76. The van der Waals surface area contributed by atoms with E-state index in [-0.39, 0.29) is 12.1 Å². The molecule has 3 rings (SSSR count). The molecule has 2 aromatic heterocycles. The number of nitrogens with one attached hydrogen (secondary N) is 1. The lowest BCUT2D eigenvalue weighted by atomic mass is 10.0. The molecular weight excluding hydrogens is 266 g/mol. The molecule has 3 aromatic rings. The van der Waals surface area contributed by atoms with Crippen molar-refractivity contribution in [1.82, 2.24) is 5.32 Å². The number of rotatable bonds is 5. The van der Waals surface area contributed by atoms with Crippen LogP contribution in [0.1, 0.15) is 35.2 Å². The van der Waals surface area contributed by atoms with E-state index in [0.29, 0.717) is 0 Å². The summed E-state index contributed by atoms with van der Waals surface area (Å²) in [6.07, 6.45) is 1.72. The van der Waals surface area contributed by atoms with Crippen LogP contribution in [-0.4, -0.2) is 0 Å². The molecule has 0 aliphatic carbocycles. The van der Waals surface area contributed by atoms with Gasteiger partial charge in [-0.1, -0.05) is 36.4 Å². The van der Waals surface area contributed by atoms with E-state index in [9.17, 15) is 0 Å². The molecular formula is C17H17NOS. The van der Waals surface area contributed by atoms with Crippen molar-refractivity contribution in [2.75, 3.05) is 0 Å². The fourth-order valence-corrected chi connectivity index (χ4v) is 3.06. The highest BCUT2D eigenvalue weighted by Gasteiger charge is 2.19. The molecule has 2 nitrogen and oxygen atoms in total. The zero-order valence-corrected chi connectivity index (χ0v) is 12.1. The second-order valence-electron chi connectivity index (χ2n) is 4.76. The monoisotopic (exact) mass is 283 g/mol. The number of furan rings is 1. The predicted octanol–water partition coefficient (Wildman–Crippen LogP) is 4.78. The Balaban J connectivity index is 1.87. The Morgan fingerprint density at radius 2 is 1.85 bits per heavy atom. The number of benzene rings is 1. The zero-order valence-electron chi connectivity index (χ0n) is 11.3. The molecule has 0 radical (unpaired) electrons. The van der Waals surface area contributed by atoms with Gasteiger partial charge in [0.25, 0.3) is 0 Å². The van der Waals surface area contributed by atoms with Crippen molar-refractivity contribution in [2.24, 2.45) is 0 Å². The second kappa shape index (κ2) is 6.07. The smallest absolute Gasteiger partial charge is 0.125 e. The number of thiophene rings is 1. The Morgan fingerprint density at radius 1 is 1.00 bits per heavy atom. The van der Waals surface area contributed by atoms with Crippen LogP contribution >= 0.6 is 11.3 Å². The van der Waals surface area contributed by atoms with E-state index in [2.05, 4.69) is 54.0 Å². The van der Waals surface area contributed by atoms with Crippen LogP contribution < -0.4 is 5.32 Å². The van der Waals surface area contributed by atoms with Gasteiger partial charge in [0.1, 0.15) is 5.76 Å². The van der Waals surface area contributed by atoms with Gasteiger partial charge in [-0.05, 0) is 36.1 Å². The van der Waals surface area contributed by atoms with Crippen LogP contribution in [0, 0.1) is 0 Å². The summed E-state index contributed by atoms with van der Waals surface area (Å²) in [7, 11) is 0.